The standard InChI is InChI=1S/C28H24FN5O3/c1-19-7-2-4-10-24(19)34(26(35)18-33-25-11-5-3-9-23(25)31-32-33)27(20-12-14-21(29)15-13-20)28(36)30-17-22-8-6-16-37-22/h2-16,27H,17-18H2,1H3,(H,30,36)/t27-/m0/s1. The molecule has 0 bridgehead atoms. The highest BCUT2D eigenvalue weighted by atomic mass is 19.1. The van der Waals surface area contributed by atoms with E-state index in [1.165, 1.54) is 40.1 Å². The van der Waals surface area contributed by atoms with Gasteiger partial charge in [-0.1, -0.05) is 47.7 Å². The first-order chi connectivity index (χ1) is 18.0. The smallest absolute Gasteiger partial charge is 0.249 e. The minimum atomic E-state index is -1.08. The van der Waals surface area contributed by atoms with Crippen molar-refractivity contribution in [3.05, 3.63) is 114 Å². The lowest BCUT2D eigenvalue weighted by molar-refractivity contribution is -0.127. The van der Waals surface area contributed by atoms with Crippen molar-refractivity contribution in [1.82, 2.24) is 20.3 Å². The van der Waals surface area contributed by atoms with Crippen molar-refractivity contribution in [3.63, 3.8) is 0 Å². The average molecular weight is 498 g/mol. The first-order valence-corrected chi connectivity index (χ1v) is 11.7. The Morgan fingerprint density at radius 1 is 1.00 bits per heavy atom. The van der Waals surface area contributed by atoms with Crippen LogP contribution in [0.25, 0.3) is 11.0 Å². The van der Waals surface area contributed by atoms with Crippen LogP contribution in [0.1, 0.15) is 22.9 Å². The summed E-state index contributed by atoms with van der Waals surface area (Å²) in [7, 11) is 0. The Bertz CT molecular complexity index is 1530. The number of rotatable bonds is 8. The zero-order valence-corrected chi connectivity index (χ0v) is 20.0. The quantitative estimate of drug-likeness (QED) is 0.339. The van der Waals surface area contributed by atoms with Crippen molar-refractivity contribution in [1.29, 1.82) is 0 Å². The van der Waals surface area contributed by atoms with Crippen molar-refractivity contribution in [2.24, 2.45) is 0 Å². The van der Waals surface area contributed by atoms with E-state index in [0.29, 0.717) is 28.0 Å². The molecule has 0 spiro atoms. The van der Waals surface area contributed by atoms with Gasteiger partial charge in [0, 0.05) is 5.69 Å². The maximum atomic E-state index is 14.0. The number of aromatic nitrogens is 3. The van der Waals surface area contributed by atoms with Gasteiger partial charge in [-0.15, -0.1) is 5.10 Å². The highest BCUT2D eigenvalue weighted by molar-refractivity contribution is 6.02. The van der Waals surface area contributed by atoms with Crippen molar-refractivity contribution >= 4 is 28.5 Å². The number of nitrogens with zero attached hydrogens (tertiary/aromatic N) is 4. The van der Waals surface area contributed by atoms with Gasteiger partial charge in [-0.3, -0.25) is 14.5 Å². The van der Waals surface area contributed by atoms with E-state index in [-0.39, 0.29) is 19.0 Å². The van der Waals surface area contributed by atoms with Crippen LogP contribution in [0.5, 0.6) is 0 Å². The second kappa shape index (κ2) is 10.4. The third-order valence-corrected chi connectivity index (χ3v) is 6.06. The summed E-state index contributed by atoms with van der Waals surface area (Å²) in [5.41, 5.74) is 3.16. The summed E-state index contributed by atoms with van der Waals surface area (Å²) >= 11 is 0. The number of benzene rings is 3. The second-order valence-corrected chi connectivity index (χ2v) is 8.54. The van der Waals surface area contributed by atoms with Crippen LogP contribution in [-0.4, -0.2) is 26.8 Å². The first kappa shape index (κ1) is 23.9. The predicted molar refractivity (Wildman–Crippen MR) is 136 cm³/mol. The molecule has 186 valence electrons. The van der Waals surface area contributed by atoms with Crippen LogP contribution in [0, 0.1) is 12.7 Å². The van der Waals surface area contributed by atoms with Crippen molar-refractivity contribution in [3.8, 4) is 0 Å². The van der Waals surface area contributed by atoms with Gasteiger partial charge in [0.15, 0.2) is 0 Å². The molecule has 2 amide bonds. The SMILES string of the molecule is Cc1ccccc1N(C(=O)Cn1nnc2ccccc21)[C@H](C(=O)NCc1ccco1)c1ccc(F)cc1. The van der Waals surface area contributed by atoms with Crippen LogP contribution in [0.3, 0.4) is 0 Å². The van der Waals surface area contributed by atoms with Gasteiger partial charge in [0.1, 0.15) is 29.7 Å². The molecule has 2 aromatic heterocycles. The molecule has 0 fully saturated rings. The first-order valence-electron chi connectivity index (χ1n) is 11.7. The van der Waals surface area contributed by atoms with E-state index in [1.54, 1.807) is 24.3 Å². The van der Waals surface area contributed by atoms with E-state index in [2.05, 4.69) is 15.6 Å². The largest absolute Gasteiger partial charge is 0.467 e. The molecule has 0 unspecified atom stereocenters. The molecule has 1 N–H and O–H groups in total. The number of carbonyl (C=O) groups is 2. The fourth-order valence-corrected chi connectivity index (χ4v) is 4.24. The monoisotopic (exact) mass is 497 g/mol. The zero-order valence-electron chi connectivity index (χ0n) is 20.0. The number of aryl methyl sites for hydroxylation is 1. The molecular weight excluding hydrogens is 473 g/mol. The zero-order chi connectivity index (χ0) is 25.8. The Morgan fingerprint density at radius 3 is 2.51 bits per heavy atom. The lowest BCUT2D eigenvalue weighted by Crippen LogP contribution is -2.45. The van der Waals surface area contributed by atoms with E-state index in [0.717, 1.165) is 5.56 Å². The number of hydrogen-bond donors (Lipinski definition) is 1. The van der Waals surface area contributed by atoms with Gasteiger partial charge in [0.25, 0.3) is 0 Å². The molecule has 0 aliphatic carbocycles. The van der Waals surface area contributed by atoms with Gasteiger partial charge in [-0.2, -0.15) is 0 Å². The van der Waals surface area contributed by atoms with Crippen LogP contribution in [0.2, 0.25) is 0 Å². The fraction of sp³-hybridized carbons (Fsp3) is 0.143. The summed E-state index contributed by atoms with van der Waals surface area (Å²) < 4.78 is 20.7. The molecule has 1 atom stereocenters. The molecule has 0 saturated heterocycles. The molecule has 37 heavy (non-hydrogen) atoms. The summed E-state index contributed by atoms with van der Waals surface area (Å²) in [6, 6.07) is 22.6. The second-order valence-electron chi connectivity index (χ2n) is 8.54. The Labute approximate surface area is 212 Å². The maximum Gasteiger partial charge on any atom is 0.249 e. The summed E-state index contributed by atoms with van der Waals surface area (Å²) in [6.07, 6.45) is 1.52. The molecule has 2 heterocycles. The number of para-hydroxylation sites is 2. The highest BCUT2D eigenvalue weighted by Gasteiger charge is 2.34. The van der Waals surface area contributed by atoms with Gasteiger partial charge >= 0.3 is 0 Å². The molecular formula is C28H24FN5O3. The number of halogens is 1. The van der Waals surface area contributed by atoms with Gasteiger partial charge in [-0.25, -0.2) is 9.07 Å². The van der Waals surface area contributed by atoms with Crippen LogP contribution >= 0.6 is 0 Å². The molecule has 3 aromatic carbocycles. The van der Waals surface area contributed by atoms with E-state index in [1.807, 2.05) is 43.3 Å². The van der Waals surface area contributed by atoms with Crippen LogP contribution in [0.15, 0.2) is 95.6 Å². The van der Waals surface area contributed by atoms with Gasteiger partial charge in [0.2, 0.25) is 11.8 Å². The van der Waals surface area contributed by atoms with Crippen LogP contribution < -0.4 is 10.2 Å². The number of carbonyl (C=O) groups excluding carboxylic acids is 2. The molecule has 9 heteroatoms. The number of amides is 2. The number of furan rings is 1. The minimum Gasteiger partial charge on any atom is -0.467 e. The number of hydrogen-bond acceptors (Lipinski definition) is 5. The Balaban J connectivity index is 1.57. The summed E-state index contributed by atoms with van der Waals surface area (Å²) in [5.74, 6) is -0.703. The van der Waals surface area contributed by atoms with Crippen molar-refractivity contribution in [2.45, 2.75) is 26.1 Å². The van der Waals surface area contributed by atoms with E-state index < -0.39 is 17.8 Å². The van der Waals surface area contributed by atoms with Crippen LogP contribution in [0.4, 0.5) is 10.1 Å². The molecule has 8 nitrogen and oxygen atoms in total. The predicted octanol–water partition coefficient (Wildman–Crippen LogP) is 4.56. The van der Waals surface area contributed by atoms with Crippen LogP contribution in [-0.2, 0) is 22.7 Å². The third-order valence-electron chi connectivity index (χ3n) is 6.06. The molecule has 0 saturated carbocycles. The van der Waals surface area contributed by atoms with E-state index in [9.17, 15) is 14.0 Å². The van der Waals surface area contributed by atoms with Gasteiger partial charge < -0.3 is 9.73 Å². The maximum absolute atomic E-state index is 14.0. The lowest BCUT2D eigenvalue weighted by atomic mass is 10.0. The molecule has 0 radical (unpaired) electrons. The molecule has 5 aromatic rings. The topological polar surface area (TPSA) is 93.3 Å². The molecule has 0 aliphatic heterocycles. The third kappa shape index (κ3) is 5.11. The summed E-state index contributed by atoms with van der Waals surface area (Å²) in [6.45, 7) is 1.84. The van der Waals surface area contributed by atoms with E-state index >= 15 is 0 Å². The Hall–Kier alpha value is -4.79. The number of fused-ring (bicyclic) bond motifs is 1. The normalized spacial score (nSPS) is 11.8. The Kier molecular flexibility index (Phi) is 6.76. The molecule has 5 rings (SSSR count). The summed E-state index contributed by atoms with van der Waals surface area (Å²) in [5, 5.41) is 11.1. The lowest BCUT2D eigenvalue weighted by Gasteiger charge is -2.32. The number of nitrogens with one attached hydrogen (secondary N) is 1. The summed E-state index contributed by atoms with van der Waals surface area (Å²) in [4.78, 5) is 29.1. The minimum absolute atomic E-state index is 0.132. The van der Waals surface area contributed by atoms with Gasteiger partial charge in [0.05, 0.1) is 18.3 Å². The van der Waals surface area contributed by atoms with Crippen molar-refractivity contribution in [2.75, 3.05) is 4.90 Å². The average Bonchev–Trinajstić information content (AvgIpc) is 3.58. The molecule has 0 aliphatic rings. The Morgan fingerprint density at radius 2 is 1.76 bits per heavy atom. The fourth-order valence-electron chi connectivity index (χ4n) is 4.24. The van der Waals surface area contributed by atoms with Crippen molar-refractivity contribution < 1.29 is 18.4 Å². The number of anilines is 1. The van der Waals surface area contributed by atoms with E-state index in [4.69, 9.17) is 4.42 Å². The highest BCUT2D eigenvalue weighted by Crippen LogP contribution is 2.31. The van der Waals surface area contributed by atoms with Gasteiger partial charge in [-0.05, 0) is 60.5 Å².